The van der Waals surface area contributed by atoms with E-state index in [1.54, 1.807) is 27.6 Å². The van der Waals surface area contributed by atoms with Gasteiger partial charge >= 0.3 is 0 Å². The number of likely N-dealkylation sites (tertiary alicyclic amines) is 1. The number of aliphatic imine (C=N–C) groups is 1. The average Bonchev–Trinajstić information content (AvgIpc) is 3.33. The molecule has 0 radical (unpaired) electrons. The molecule has 3 rings (SSSR count). The second-order valence-corrected chi connectivity index (χ2v) is 6.87. The zero-order valence-electron chi connectivity index (χ0n) is 17.0. The fraction of sp³-hybridized carbons (Fsp3) is 0.526. The van der Waals surface area contributed by atoms with Gasteiger partial charge in [0.2, 0.25) is 0 Å². The van der Waals surface area contributed by atoms with Crippen molar-refractivity contribution in [3.05, 3.63) is 35.9 Å². The lowest BCUT2D eigenvalue weighted by molar-refractivity contribution is 0.321. The van der Waals surface area contributed by atoms with E-state index in [2.05, 4.69) is 42.9 Å². The first-order valence-corrected chi connectivity index (χ1v) is 9.35. The fourth-order valence-electron chi connectivity index (χ4n) is 3.33. The highest BCUT2D eigenvalue weighted by atomic mass is 16.5. The van der Waals surface area contributed by atoms with Crippen LogP contribution in [0.2, 0.25) is 0 Å². The molecule has 0 spiro atoms. The summed E-state index contributed by atoms with van der Waals surface area (Å²) >= 11 is 0. The fourth-order valence-corrected chi connectivity index (χ4v) is 3.33. The minimum Gasteiger partial charge on any atom is -0.497 e. The first-order valence-electron chi connectivity index (χ1n) is 9.35. The molecule has 2 N–H and O–H groups in total. The van der Waals surface area contributed by atoms with Gasteiger partial charge in [0, 0.05) is 45.8 Å². The maximum absolute atomic E-state index is 5.37. The number of nitrogens with zero attached hydrogens (tertiary/aromatic N) is 5. The second kappa shape index (κ2) is 9.41. The topological polar surface area (TPSA) is 88.8 Å². The zero-order valence-corrected chi connectivity index (χ0v) is 17.0. The lowest BCUT2D eigenvalue weighted by Crippen LogP contribution is -2.44. The summed E-state index contributed by atoms with van der Waals surface area (Å²) in [6.45, 7) is 3.41. The molecule has 1 aromatic carbocycles. The first kappa shape index (κ1) is 19.9. The maximum Gasteiger partial charge on any atom is 0.191 e. The molecule has 1 fully saturated rings. The molecule has 0 amide bonds. The van der Waals surface area contributed by atoms with Gasteiger partial charge in [-0.3, -0.25) is 9.89 Å². The van der Waals surface area contributed by atoms with Crippen molar-refractivity contribution in [2.24, 2.45) is 12.0 Å². The Kier molecular flexibility index (Phi) is 6.70. The Morgan fingerprint density at radius 2 is 2.00 bits per heavy atom. The van der Waals surface area contributed by atoms with Gasteiger partial charge in [-0.25, -0.2) is 0 Å². The molecule has 9 nitrogen and oxygen atoms in total. The molecule has 1 unspecified atom stereocenters. The van der Waals surface area contributed by atoms with Crippen LogP contribution in [0.15, 0.2) is 29.5 Å². The van der Waals surface area contributed by atoms with Crippen molar-refractivity contribution in [3.63, 3.8) is 0 Å². The van der Waals surface area contributed by atoms with Gasteiger partial charge in [0.1, 0.15) is 17.8 Å². The number of hydrogen-bond acceptors (Lipinski definition) is 6. The van der Waals surface area contributed by atoms with Gasteiger partial charge in [-0.05, 0) is 24.1 Å². The molecular formula is C19H29N7O2. The molecule has 1 atom stereocenters. The van der Waals surface area contributed by atoms with E-state index in [0.29, 0.717) is 12.6 Å². The molecule has 0 bridgehead atoms. The summed E-state index contributed by atoms with van der Waals surface area (Å²) in [5.41, 5.74) is 1.18. The van der Waals surface area contributed by atoms with Crippen LogP contribution in [0.4, 0.5) is 0 Å². The molecule has 152 valence electrons. The molecule has 0 aliphatic carbocycles. The maximum atomic E-state index is 5.37. The quantitative estimate of drug-likeness (QED) is 0.536. The van der Waals surface area contributed by atoms with Crippen molar-refractivity contribution in [1.82, 2.24) is 30.3 Å². The second-order valence-electron chi connectivity index (χ2n) is 6.87. The summed E-state index contributed by atoms with van der Waals surface area (Å²) in [6, 6.07) is 6.36. The molecule has 0 saturated carbocycles. The van der Waals surface area contributed by atoms with Crippen LogP contribution >= 0.6 is 0 Å². The molecule has 9 heteroatoms. The summed E-state index contributed by atoms with van der Waals surface area (Å²) in [5, 5.41) is 14.8. The highest BCUT2D eigenvalue weighted by molar-refractivity contribution is 5.79. The van der Waals surface area contributed by atoms with E-state index in [1.165, 1.54) is 5.56 Å². The molecule has 1 aliphatic heterocycles. The van der Waals surface area contributed by atoms with Crippen LogP contribution in [0.5, 0.6) is 11.5 Å². The third-order valence-corrected chi connectivity index (χ3v) is 4.87. The SMILES string of the molecule is CN=C(NCc1nncn1C)NC1CCN(Cc2cc(OC)cc(OC)c2)C1. The number of aryl methyl sites for hydroxylation is 1. The van der Waals surface area contributed by atoms with Crippen molar-refractivity contribution in [2.45, 2.75) is 25.6 Å². The van der Waals surface area contributed by atoms with Crippen LogP contribution < -0.4 is 20.1 Å². The summed E-state index contributed by atoms with van der Waals surface area (Å²) in [4.78, 5) is 6.74. The lowest BCUT2D eigenvalue weighted by atomic mass is 10.2. The molecule has 2 aromatic rings. The predicted molar refractivity (Wildman–Crippen MR) is 108 cm³/mol. The third kappa shape index (κ3) is 5.13. The Morgan fingerprint density at radius 3 is 2.61 bits per heavy atom. The normalized spacial score (nSPS) is 17.6. The number of nitrogens with one attached hydrogen (secondary N) is 2. The summed E-state index contributed by atoms with van der Waals surface area (Å²) in [5.74, 6) is 3.27. The predicted octanol–water partition coefficient (Wildman–Crippen LogP) is 0.772. The molecule has 28 heavy (non-hydrogen) atoms. The number of aromatic nitrogens is 3. The average molecular weight is 387 g/mol. The van der Waals surface area contributed by atoms with Crippen molar-refractivity contribution < 1.29 is 9.47 Å². The van der Waals surface area contributed by atoms with Gasteiger partial charge in [0.25, 0.3) is 0 Å². The molecular weight excluding hydrogens is 358 g/mol. The van der Waals surface area contributed by atoms with E-state index >= 15 is 0 Å². The van der Waals surface area contributed by atoms with E-state index in [0.717, 1.165) is 49.3 Å². The van der Waals surface area contributed by atoms with E-state index < -0.39 is 0 Å². The number of ether oxygens (including phenoxy) is 2. The summed E-state index contributed by atoms with van der Waals surface area (Å²) < 4.78 is 12.6. The van der Waals surface area contributed by atoms with E-state index in [9.17, 15) is 0 Å². The van der Waals surface area contributed by atoms with E-state index in [1.807, 2.05) is 17.7 Å². The Balaban J connectivity index is 1.51. The van der Waals surface area contributed by atoms with Crippen molar-refractivity contribution in [3.8, 4) is 11.5 Å². The Hall–Kier alpha value is -2.81. The molecule has 1 saturated heterocycles. The lowest BCUT2D eigenvalue weighted by Gasteiger charge is -2.19. The first-order chi connectivity index (χ1) is 13.6. The van der Waals surface area contributed by atoms with Crippen molar-refractivity contribution in [2.75, 3.05) is 34.4 Å². The highest BCUT2D eigenvalue weighted by Gasteiger charge is 2.23. The Labute approximate surface area is 165 Å². The number of guanidine groups is 1. The number of benzene rings is 1. The van der Waals surface area contributed by atoms with Crippen molar-refractivity contribution in [1.29, 1.82) is 0 Å². The zero-order chi connectivity index (χ0) is 19.9. The van der Waals surface area contributed by atoms with Gasteiger partial charge in [0.05, 0.1) is 20.8 Å². The van der Waals surface area contributed by atoms with Crippen LogP contribution in [-0.2, 0) is 20.1 Å². The van der Waals surface area contributed by atoms with Gasteiger partial charge in [0.15, 0.2) is 11.8 Å². The summed E-state index contributed by atoms with van der Waals surface area (Å²) in [7, 11) is 7.05. The Bertz CT molecular complexity index is 783. The van der Waals surface area contributed by atoms with E-state index in [4.69, 9.17) is 9.47 Å². The van der Waals surface area contributed by atoms with Gasteiger partial charge in [-0.15, -0.1) is 10.2 Å². The molecule has 1 aromatic heterocycles. The minimum absolute atomic E-state index is 0.346. The molecule has 1 aliphatic rings. The number of methoxy groups -OCH3 is 2. The minimum atomic E-state index is 0.346. The van der Waals surface area contributed by atoms with Crippen molar-refractivity contribution >= 4 is 5.96 Å². The summed E-state index contributed by atoms with van der Waals surface area (Å²) in [6.07, 6.45) is 2.75. The van der Waals surface area contributed by atoms with Crippen LogP contribution in [0.3, 0.4) is 0 Å². The van der Waals surface area contributed by atoms with Gasteiger partial charge in [-0.2, -0.15) is 0 Å². The highest BCUT2D eigenvalue weighted by Crippen LogP contribution is 2.24. The van der Waals surface area contributed by atoms with Crippen LogP contribution in [0.25, 0.3) is 0 Å². The monoisotopic (exact) mass is 387 g/mol. The number of rotatable bonds is 7. The molecule has 2 heterocycles. The Morgan fingerprint density at radius 1 is 1.25 bits per heavy atom. The smallest absolute Gasteiger partial charge is 0.191 e. The standard InChI is InChI=1S/C19H29N7O2/c1-20-19(21-10-18-24-22-13-25(18)2)23-15-5-6-26(12-15)11-14-7-16(27-3)9-17(8-14)28-4/h7-9,13,15H,5-6,10-12H2,1-4H3,(H2,20,21,23). The van der Waals surface area contributed by atoms with Crippen LogP contribution in [0.1, 0.15) is 17.8 Å². The largest absolute Gasteiger partial charge is 0.497 e. The van der Waals surface area contributed by atoms with Gasteiger partial charge < -0.3 is 24.7 Å². The van der Waals surface area contributed by atoms with E-state index in [-0.39, 0.29) is 0 Å². The van der Waals surface area contributed by atoms with Crippen LogP contribution in [0, 0.1) is 0 Å². The number of hydrogen-bond donors (Lipinski definition) is 2. The third-order valence-electron chi connectivity index (χ3n) is 4.87. The van der Waals surface area contributed by atoms with Gasteiger partial charge in [-0.1, -0.05) is 0 Å². The van der Waals surface area contributed by atoms with Crippen LogP contribution in [-0.4, -0.2) is 66.0 Å².